The maximum atomic E-state index is 13.0. The Hall–Kier alpha value is -3.38. The van der Waals surface area contributed by atoms with Gasteiger partial charge in [-0.05, 0) is 56.2 Å². The lowest BCUT2D eigenvalue weighted by molar-refractivity contribution is -0.137. The highest BCUT2D eigenvalue weighted by Crippen LogP contribution is 2.32. The first-order valence-electron chi connectivity index (χ1n) is 10.4. The van der Waals surface area contributed by atoms with Crippen LogP contribution in [0.5, 0.6) is 5.75 Å². The van der Waals surface area contributed by atoms with Crippen LogP contribution in [0.4, 0.5) is 18.9 Å². The molecule has 1 aromatic heterocycles. The number of sulfonamides is 1. The Balaban J connectivity index is 1.61. The minimum absolute atomic E-state index is 0.0459. The molecular formula is C22H21F3N4O4S. The molecule has 180 valence electrons. The number of amides is 1. The largest absolute Gasteiger partial charge is 0.506 e. The first kappa shape index (κ1) is 23.8. The molecule has 0 aliphatic carbocycles. The molecule has 1 aliphatic rings. The van der Waals surface area contributed by atoms with Crippen molar-refractivity contribution in [2.75, 3.05) is 18.4 Å². The molecule has 1 aliphatic heterocycles. The van der Waals surface area contributed by atoms with Crippen LogP contribution in [0, 0.1) is 6.92 Å². The van der Waals surface area contributed by atoms with E-state index < -0.39 is 27.7 Å². The molecule has 0 radical (unpaired) electrons. The molecule has 0 unspecified atom stereocenters. The second-order valence-electron chi connectivity index (χ2n) is 7.85. The van der Waals surface area contributed by atoms with E-state index in [1.807, 2.05) is 0 Å². The normalized spacial score (nSPS) is 14.9. The smallest absolute Gasteiger partial charge is 0.416 e. The monoisotopic (exact) mass is 494 g/mol. The number of nitrogens with zero attached hydrogens (tertiary/aromatic N) is 3. The van der Waals surface area contributed by atoms with Crippen LogP contribution < -0.4 is 5.32 Å². The summed E-state index contributed by atoms with van der Waals surface area (Å²) in [5, 5.41) is 16.7. The van der Waals surface area contributed by atoms with Crippen molar-refractivity contribution in [3.05, 3.63) is 65.5 Å². The van der Waals surface area contributed by atoms with Gasteiger partial charge in [0.1, 0.15) is 5.75 Å². The maximum absolute atomic E-state index is 13.0. The minimum atomic E-state index is -4.53. The third-order valence-electron chi connectivity index (χ3n) is 5.59. The standard InChI is InChI=1S/C22H21F3N4O4S/c1-14-18(13-26-29(14)16-6-4-5-15(11-16)22(23,24)25)21(31)27-19-12-17(7-8-20(19)30)34(32,33)28-9-2-3-10-28/h4-8,11-13,30H,2-3,9-10H2,1H3,(H,27,31). The van der Waals surface area contributed by atoms with E-state index in [1.165, 1.54) is 52.4 Å². The van der Waals surface area contributed by atoms with Gasteiger partial charge in [0.15, 0.2) is 0 Å². The summed E-state index contributed by atoms with van der Waals surface area (Å²) in [6, 6.07) is 8.13. The molecule has 2 heterocycles. The summed E-state index contributed by atoms with van der Waals surface area (Å²) < 4.78 is 67.3. The summed E-state index contributed by atoms with van der Waals surface area (Å²) in [5.41, 5.74) is -0.543. The Labute approximate surface area is 193 Å². The topological polar surface area (TPSA) is 105 Å². The molecule has 1 amide bonds. The third kappa shape index (κ3) is 4.50. The fourth-order valence-corrected chi connectivity index (χ4v) is 5.29. The van der Waals surface area contributed by atoms with Crippen molar-refractivity contribution >= 4 is 21.6 Å². The molecule has 34 heavy (non-hydrogen) atoms. The molecule has 2 aromatic carbocycles. The van der Waals surface area contributed by atoms with E-state index in [2.05, 4.69) is 10.4 Å². The van der Waals surface area contributed by atoms with Gasteiger partial charge in [-0.15, -0.1) is 0 Å². The number of alkyl halides is 3. The van der Waals surface area contributed by atoms with Crippen LogP contribution in [0.25, 0.3) is 5.69 Å². The number of benzene rings is 2. The van der Waals surface area contributed by atoms with Crippen LogP contribution in [-0.2, 0) is 16.2 Å². The molecule has 8 nitrogen and oxygen atoms in total. The zero-order valence-electron chi connectivity index (χ0n) is 18.0. The molecule has 3 aromatic rings. The van der Waals surface area contributed by atoms with Crippen molar-refractivity contribution in [2.24, 2.45) is 0 Å². The number of rotatable bonds is 5. The van der Waals surface area contributed by atoms with Crippen molar-refractivity contribution < 1.29 is 31.5 Å². The summed E-state index contributed by atoms with van der Waals surface area (Å²) in [6.45, 7) is 2.31. The van der Waals surface area contributed by atoms with Crippen LogP contribution in [0.1, 0.15) is 34.5 Å². The molecular weight excluding hydrogens is 473 g/mol. The number of nitrogens with one attached hydrogen (secondary N) is 1. The first-order chi connectivity index (χ1) is 16.0. The predicted molar refractivity (Wildman–Crippen MR) is 117 cm³/mol. The fraction of sp³-hybridized carbons (Fsp3) is 0.273. The van der Waals surface area contributed by atoms with Crippen LogP contribution >= 0.6 is 0 Å². The number of halogens is 3. The Bertz CT molecular complexity index is 1350. The van der Waals surface area contributed by atoms with E-state index in [9.17, 15) is 31.5 Å². The highest BCUT2D eigenvalue weighted by atomic mass is 32.2. The summed E-state index contributed by atoms with van der Waals surface area (Å²) in [5.74, 6) is -1.04. The summed E-state index contributed by atoms with van der Waals surface area (Å²) in [7, 11) is -3.77. The number of anilines is 1. The average molecular weight is 494 g/mol. The highest BCUT2D eigenvalue weighted by molar-refractivity contribution is 7.89. The van der Waals surface area contributed by atoms with Gasteiger partial charge in [-0.1, -0.05) is 6.07 Å². The Morgan fingerprint density at radius 2 is 1.82 bits per heavy atom. The van der Waals surface area contributed by atoms with Gasteiger partial charge in [0.25, 0.3) is 5.91 Å². The lowest BCUT2D eigenvalue weighted by Gasteiger charge is -2.16. The van der Waals surface area contributed by atoms with Crippen molar-refractivity contribution in [1.82, 2.24) is 14.1 Å². The number of aromatic hydroxyl groups is 1. The van der Waals surface area contributed by atoms with Crippen LogP contribution in [0.3, 0.4) is 0 Å². The zero-order chi connectivity index (χ0) is 24.7. The van der Waals surface area contributed by atoms with Crippen LogP contribution in [-0.4, -0.2) is 46.6 Å². The predicted octanol–water partition coefficient (Wildman–Crippen LogP) is 3.94. The van der Waals surface area contributed by atoms with Gasteiger partial charge in [-0.2, -0.15) is 22.6 Å². The number of hydrogen-bond acceptors (Lipinski definition) is 5. The number of hydrogen-bond donors (Lipinski definition) is 2. The van der Waals surface area contributed by atoms with Crippen molar-refractivity contribution in [2.45, 2.75) is 30.8 Å². The van der Waals surface area contributed by atoms with E-state index in [0.717, 1.165) is 25.0 Å². The summed E-state index contributed by atoms with van der Waals surface area (Å²) >= 11 is 0. The summed E-state index contributed by atoms with van der Waals surface area (Å²) in [4.78, 5) is 12.8. The Morgan fingerprint density at radius 3 is 2.50 bits per heavy atom. The number of carbonyl (C=O) groups is 1. The van der Waals surface area contributed by atoms with Crippen LogP contribution in [0.15, 0.2) is 53.6 Å². The van der Waals surface area contributed by atoms with Crippen molar-refractivity contribution in [3.63, 3.8) is 0 Å². The van der Waals surface area contributed by atoms with Crippen molar-refractivity contribution in [3.8, 4) is 11.4 Å². The second-order valence-corrected chi connectivity index (χ2v) is 9.79. The molecule has 0 atom stereocenters. The first-order valence-corrected chi connectivity index (χ1v) is 11.8. The molecule has 4 rings (SSSR count). The molecule has 1 fully saturated rings. The molecule has 2 N–H and O–H groups in total. The quantitative estimate of drug-likeness (QED) is 0.523. The highest BCUT2D eigenvalue weighted by Gasteiger charge is 2.31. The van der Waals surface area contributed by atoms with Gasteiger partial charge in [0.05, 0.1) is 39.3 Å². The maximum Gasteiger partial charge on any atom is 0.416 e. The SMILES string of the molecule is Cc1c(C(=O)Nc2cc(S(=O)(=O)N3CCCC3)ccc2O)cnn1-c1cccc(C(F)(F)F)c1. The number of phenols is 1. The van der Waals surface area contributed by atoms with Crippen molar-refractivity contribution in [1.29, 1.82) is 0 Å². The molecule has 1 saturated heterocycles. The van der Waals surface area contributed by atoms with E-state index >= 15 is 0 Å². The van der Waals surface area contributed by atoms with Gasteiger partial charge in [-0.25, -0.2) is 13.1 Å². The Kier molecular flexibility index (Phi) is 6.13. The third-order valence-corrected chi connectivity index (χ3v) is 7.49. The van der Waals surface area contributed by atoms with Gasteiger partial charge in [0, 0.05) is 13.1 Å². The fourth-order valence-electron chi connectivity index (χ4n) is 3.75. The second kappa shape index (κ2) is 8.76. The number of carbonyl (C=O) groups excluding carboxylic acids is 1. The molecule has 0 bridgehead atoms. The van der Waals surface area contributed by atoms with Gasteiger partial charge < -0.3 is 10.4 Å². The average Bonchev–Trinajstić information content (AvgIpc) is 3.45. The Morgan fingerprint density at radius 1 is 1.12 bits per heavy atom. The molecule has 0 saturated carbocycles. The van der Waals surface area contributed by atoms with E-state index in [1.54, 1.807) is 0 Å². The zero-order valence-corrected chi connectivity index (χ0v) is 18.8. The van der Waals surface area contributed by atoms with Crippen LogP contribution in [0.2, 0.25) is 0 Å². The van der Waals surface area contributed by atoms with E-state index in [0.29, 0.717) is 13.1 Å². The lowest BCUT2D eigenvalue weighted by Crippen LogP contribution is -2.28. The van der Waals surface area contributed by atoms with Gasteiger partial charge in [-0.3, -0.25) is 4.79 Å². The van der Waals surface area contributed by atoms with Gasteiger partial charge in [0.2, 0.25) is 10.0 Å². The number of phenolic OH excluding ortho intramolecular Hbond substituents is 1. The van der Waals surface area contributed by atoms with E-state index in [-0.39, 0.29) is 33.3 Å². The minimum Gasteiger partial charge on any atom is -0.506 e. The molecule has 0 spiro atoms. The lowest BCUT2D eigenvalue weighted by atomic mass is 10.2. The van der Waals surface area contributed by atoms with Gasteiger partial charge >= 0.3 is 6.18 Å². The summed E-state index contributed by atoms with van der Waals surface area (Å²) in [6.07, 6.45) is -1.83. The molecule has 12 heteroatoms. The van der Waals surface area contributed by atoms with E-state index in [4.69, 9.17) is 0 Å². The number of aromatic nitrogens is 2.